The molecule has 3 rings (SSSR count). The SMILES string of the molecule is COc1cc(Cl)ccc1Oc1nc(C)ccc1OC[C@H]1CCCNC1.O=C(O)/C=C/C(=O)O. The number of benzene rings is 1. The first-order chi connectivity index (χ1) is 15.8. The summed E-state index contributed by atoms with van der Waals surface area (Å²) in [6.07, 6.45) is 3.48. The van der Waals surface area contributed by atoms with Gasteiger partial charge < -0.3 is 29.7 Å². The van der Waals surface area contributed by atoms with Crippen molar-refractivity contribution in [2.75, 3.05) is 26.8 Å². The predicted molar refractivity (Wildman–Crippen MR) is 123 cm³/mol. The summed E-state index contributed by atoms with van der Waals surface area (Å²) in [5, 5.41) is 19.6. The van der Waals surface area contributed by atoms with Gasteiger partial charge in [-0.05, 0) is 50.6 Å². The number of nitrogens with zero attached hydrogens (tertiary/aromatic N) is 1. The number of aliphatic carboxylic acids is 2. The molecule has 0 radical (unpaired) electrons. The number of carbonyl (C=O) groups is 2. The molecule has 1 atom stereocenters. The minimum atomic E-state index is -1.26. The molecule has 1 saturated heterocycles. The largest absolute Gasteiger partial charge is 0.493 e. The van der Waals surface area contributed by atoms with Crippen molar-refractivity contribution in [2.24, 2.45) is 5.92 Å². The maximum Gasteiger partial charge on any atom is 0.328 e. The molecule has 1 aliphatic heterocycles. The first kappa shape index (κ1) is 26.0. The van der Waals surface area contributed by atoms with E-state index < -0.39 is 11.9 Å². The number of piperidine rings is 1. The number of ether oxygens (including phenoxy) is 3. The Balaban J connectivity index is 0.000000414. The van der Waals surface area contributed by atoms with Crippen LogP contribution in [0.25, 0.3) is 0 Å². The van der Waals surface area contributed by atoms with Gasteiger partial charge in [-0.15, -0.1) is 0 Å². The number of aryl methyl sites for hydroxylation is 1. The lowest BCUT2D eigenvalue weighted by Crippen LogP contribution is -2.33. The molecule has 0 spiro atoms. The number of hydrogen-bond donors (Lipinski definition) is 3. The number of carboxylic acids is 2. The van der Waals surface area contributed by atoms with Gasteiger partial charge in [-0.3, -0.25) is 0 Å². The van der Waals surface area contributed by atoms with Crippen LogP contribution >= 0.6 is 11.6 Å². The summed E-state index contributed by atoms with van der Waals surface area (Å²) < 4.78 is 17.3. The highest BCUT2D eigenvalue weighted by Gasteiger charge is 2.17. The third-order valence-corrected chi connectivity index (χ3v) is 4.77. The van der Waals surface area contributed by atoms with Crippen LogP contribution in [0.2, 0.25) is 5.02 Å². The summed E-state index contributed by atoms with van der Waals surface area (Å²) in [7, 11) is 1.58. The number of methoxy groups -OCH3 is 1. The van der Waals surface area contributed by atoms with Crippen molar-refractivity contribution in [3.8, 4) is 23.1 Å². The maximum atomic E-state index is 9.55. The van der Waals surface area contributed by atoms with Crippen LogP contribution in [0.1, 0.15) is 18.5 Å². The molecule has 0 amide bonds. The van der Waals surface area contributed by atoms with Crippen LogP contribution in [0.15, 0.2) is 42.5 Å². The normalized spacial score (nSPS) is 15.3. The van der Waals surface area contributed by atoms with Crippen molar-refractivity contribution in [2.45, 2.75) is 19.8 Å². The topological polar surface area (TPSA) is 127 Å². The summed E-state index contributed by atoms with van der Waals surface area (Å²) in [6, 6.07) is 9.04. The molecule has 1 aromatic carbocycles. The molecule has 178 valence electrons. The van der Waals surface area contributed by atoms with Crippen molar-refractivity contribution in [3.63, 3.8) is 0 Å². The standard InChI is InChI=1S/C19H23ClN2O3.C4H4O4/c1-13-5-7-17(24-12-14-4-3-9-21-11-14)19(22-13)25-16-8-6-15(20)10-18(16)23-2;5-3(6)1-2-4(7)8/h5-8,10,14,21H,3-4,9,11-12H2,1-2H3;1-2H,(H,5,6)(H,7,8)/b;2-1+/t14-;/m0./s1. The van der Waals surface area contributed by atoms with E-state index in [0.717, 1.165) is 18.8 Å². The van der Waals surface area contributed by atoms with Crippen molar-refractivity contribution < 1.29 is 34.0 Å². The molecule has 3 N–H and O–H groups in total. The molecule has 2 heterocycles. The molecule has 1 fully saturated rings. The number of nitrogens with one attached hydrogen (secondary N) is 1. The van der Waals surface area contributed by atoms with E-state index in [0.29, 0.717) is 52.8 Å². The number of hydrogen-bond acceptors (Lipinski definition) is 7. The first-order valence-corrected chi connectivity index (χ1v) is 10.6. The lowest BCUT2D eigenvalue weighted by Gasteiger charge is -2.23. The van der Waals surface area contributed by atoms with Crippen LogP contribution in [0.4, 0.5) is 0 Å². The number of carboxylic acid groups (broad SMARTS) is 2. The Morgan fingerprint density at radius 2 is 1.85 bits per heavy atom. The Labute approximate surface area is 197 Å². The zero-order chi connectivity index (χ0) is 24.2. The van der Waals surface area contributed by atoms with Crippen LogP contribution < -0.4 is 19.5 Å². The molecule has 9 nitrogen and oxygen atoms in total. The Bertz CT molecular complexity index is 959. The van der Waals surface area contributed by atoms with E-state index in [9.17, 15) is 9.59 Å². The van der Waals surface area contributed by atoms with Gasteiger partial charge in [0.2, 0.25) is 0 Å². The van der Waals surface area contributed by atoms with E-state index in [1.54, 1.807) is 25.3 Å². The van der Waals surface area contributed by atoms with Crippen LogP contribution in [0.5, 0.6) is 23.1 Å². The minimum Gasteiger partial charge on any atom is -0.493 e. The van der Waals surface area contributed by atoms with Gasteiger partial charge in [0, 0.05) is 41.4 Å². The van der Waals surface area contributed by atoms with E-state index in [-0.39, 0.29) is 0 Å². The summed E-state index contributed by atoms with van der Waals surface area (Å²) in [5.41, 5.74) is 0.856. The fraction of sp³-hybridized carbons (Fsp3) is 0.348. The molecule has 0 aliphatic carbocycles. The molecule has 0 unspecified atom stereocenters. The van der Waals surface area contributed by atoms with Gasteiger partial charge >= 0.3 is 11.9 Å². The monoisotopic (exact) mass is 478 g/mol. The van der Waals surface area contributed by atoms with E-state index in [2.05, 4.69) is 10.3 Å². The molecule has 1 aromatic heterocycles. The molecular formula is C23H27ClN2O7. The fourth-order valence-corrected chi connectivity index (χ4v) is 3.11. The number of rotatable bonds is 8. The highest BCUT2D eigenvalue weighted by Crippen LogP contribution is 2.36. The van der Waals surface area contributed by atoms with Gasteiger partial charge in [0.1, 0.15) is 0 Å². The molecule has 0 bridgehead atoms. The summed E-state index contributed by atoms with van der Waals surface area (Å²) in [6.45, 7) is 4.64. The average Bonchev–Trinajstić information content (AvgIpc) is 2.79. The molecule has 0 saturated carbocycles. The summed E-state index contributed by atoms with van der Waals surface area (Å²) in [4.78, 5) is 23.6. The second-order valence-electron chi connectivity index (χ2n) is 7.19. The molecule has 33 heavy (non-hydrogen) atoms. The minimum absolute atomic E-state index is 0.435. The molecule has 2 aromatic rings. The summed E-state index contributed by atoms with van der Waals surface area (Å²) in [5.74, 6) is 0.165. The lowest BCUT2D eigenvalue weighted by molar-refractivity contribution is -0.134. The zero-order valence-electron chi connectivity index (χ0n) is 18.4. The smallest absolute Gasteiger partial charge is 0.328 e. The summed E-state index contributed by atoms with van der Waals surface area (Å²) >= 11 is 6.01. The van der Waals surface area contributed by atoms with Crippen molar-refractivity contribution in [1.29, 1.82) is 0 Å². The number of halogens is 1. The van der Waals surface area contributed by atoms with E-state index in [1.807, 2.05) is 19.1 Å². The molecule has 10 heteroatoms. The van der Waals surface area contributed by atoms with Gasteiger partial charge in [-0.1, -0.05) is 11.6 Å². The third kappa shape index (κ3) is 9.38. The van der Waals surface area contributed by atoms with Crippen LogP contribution in [-0.4, -0.2) is 53.9 Å². The maximum absolute atomic E-state index is 9.55. The number of aromatic nitrogens is 1. The van der Waals surface area contributed by atoms with E-state index in [1.165, 1.54) is 12.8 Å². The highest BCUT2D eigenvalue weighted by atomic mass is 35.5. The second kappa shape index (κ2) is 13.3. The first-order valence-electron chi connectivity index (χ1n) is 10.2. The second-order valence-corrected chi connectivity index (χ2v) is 7.62. The van der Waals surface area contributed by atoms with Crippen molar-refractivity contribution in [3.05, 3.63) is 53.2 Å². The third-order valence-electron chi connectivity index (χ3n) is 4.54. The zero-order valence-corrected chi connectivity index (χ0v) is 19.2. The van der Waals surface area contributed by atoms with Crippen LogP contribution in [0.3, 0.4) is 0 Å². The van der Waals surface area contributed by atoms with Gasteiger partial charge in [0.15, 0.2) is 17.2 Å². The van der Waals surface area contributed by atoms with Gasteiger partial charge in [0.25, 0.3) is 5.88 Å². The van der Waals surface area contributed by atoms with Crippen LogP contribution in [-0.2, 0) is 9.59 Å². The highest BCUT2D eigenvalue weighted by molar-refractivity contribution is 6.30. The quantitative estimate of drug-likeness (QED) is 0.483. The van der Waals surface area contributed by atoms with Crippen molar-refractivity contribution >= 4 is 23.5 Å². The van der Waals surface area contributed by atoms with Gasteiger partial charge in [-0.25, -0.2) is 14.6 Å². The molecule has 1 aliphatic rings. The van der Waals surface area contributed by atoms with E-state index in [4.69, 9.17) is 36.0 Å². The Hall–Kier alpha value is -3.30. The Kier molecular flexibility index (Phi) is 10.5. The fourth-order valence-electron chi connectivity index (χ4n) is 2.95. The van der Waals surface area contributed by atoms with E-state index >= 15 is 0 Å². The average molecular weight is 479 g/mol. The van der Waals surface area contributed by atoms with Crippen molar-refractivity contribution in [1.82, 2.24) is 10.3 Å². The number of pyridine rings is 1. The molecular weight excluding hydrogens is 452 g/mol. The predicted octanol–water partition coefficient (Wildman–Crippen LogP) is 3.93. The van der Waals surface area contributed by atoms with Gasteiger partial charge in [0.05, 0.1) is 13.7 Å². The Morgan fingerprint density at radius 3 is 2.45 bits per heavy atom. The lowest BCUT2D eigenvalue weighted by atomic mass is 10.0. The van der Waals surface area contributed by atoms with Gasteiger partial charge in [-0.2, -0.15) is 0 Å². The Morgan fingerprint density at radius 1 is 1.15 bits per heavy atom. The van der Waals surface area contributed by atoms with Crippen LogP contribution in [0, 0.1) is 12.8 Å².